The largest absolute Gasteiger partial charge is 0.352 e. The lowest BCUT2D eigenvalue weighted by atomic mass is 10.4. The Bertz CT molecular complexity index is 689. The molecule has 0 atom stereocenters. The zero-order chi connectivity index (χ0) is 16.9. The molecule has 126 valence electrons. The molecule has 0 radical (unpaired) electrons. The molecule has 0 saturated heterocycles. The number of hydrogen-bond acceptors (Lipinski definition) is 4. The summed E-state index contributed by atoms with van der Waals surface area (Å²) in [6, 6.07) is 6.53. The van der Waals surface area contributed by atoms with Crippen LogP contribution in [0.25, 0.3) is 0 Å². The van der Waals surface area contributed by atoms with Crippen molar-refractivity contribution in [1.82, 2.24) is 15.4 Å². The van der Waals surface area contributed by atoms with Gasteiger partial charge in [-0.3, -0.25) is 9.59 Å². The van der Waals surface area contributed by atoms with Gasteiger partial charge in [0.25, 0.3) is 0 Å². The third-order valence-electron chi connectivity index (χ3n) is 3.14. The van der Waals surface area contributed by atoms with E-state index in [-0.39, 0.29) is 42.3 Å². The first-order chi connectivity index (χ1) is 10.9. The lowest BCUT2D eigenvalue weighted by Gasteiger charge is -2.08. The van der Waals surface area contributed by atoms with Gasteiger partial charge in [0.1, 0.15) is 0 Å². The smallest absolute Gasteiger partial charge is 0.240 e. The lowest BCUT2D eigenvalue weighted by Crippen LogP contribution is -2.39. The molecule has 23 heavy (non-hydrogen) atoms. The highest BCUT2D eigenvalue weighted by molar-refractivity contribution is 9.10. The van der Waals surface area contributed by atoms with Gasteiger partial charge in [-0.25, -0.2) is 13.1 Å². The van der Waals surface area contributed by atoms with Crippen LogP contribution in [0, 0.1) is 0 Å². The molecule has 1 aromatic rings. The van der Waals surface area contributed by atoms with Gasteiger partial charge >= 0.3 is 0 Å². The molecule has 1 saturated carbocycles. The number of sulfonamides is 1. The number of benzene rings is 1. The molecule has 0 heterocycles. The Hall–Kier alpha value is -1.45. The summed E-state index contributed by atoms with van der Waals surface area (Å²) in [4.78, 5) is 23.1. The van der Waals surface area contributed by atoms with Gasteiger partial charge in [0, 0.05) is 23.5 Å². The van der Waals surface area contributed by atoms with Gasteiger partial charge in [0.2, 0.25) is 21.8 Å². The molecule has 9 heteroatoms. The second-order valence-electron chi connectivity index (χ2n) is 5.22. The van der Waals surface area contributed by atoms with Crippen molar-refractivity contribution in [2.75, 3.05) is 13.1 Å². The van der Waals surface area contributed by atoms with E-state index in [4.69, 9.17) is 0 Å². The van der Waals surface area contributed by atoms with Crippen LogP contribution in [-0.2, 0) is 19.6 Å². The van der Waals surface area contributed by atoms with Gasteiger partial charge in [0.15, 0.2) is 0 Å². The Kier molecular flexibility index (Phi) is 6.14. The summed E-state index contributed by atoms with van der Waals surface area (Å²) < 4.78 is 27.1. The second-order valence-corrected chi connectivity index (χ2v) is 7.91. The van der Waals surface area contributed by atoms with Crippen LogP contribution in [0.4, 0.5) is 0 Å². The van der Waals surface area contributed by atoms with Gasteiger partial charge in [-0.15, -0.1) is 0 Å². The molecule has 1 aliphatic carbocycles. The summed E-state index contributed by atoms with van der Waals surface area (Å²) in [5.74, 6) is -0.608. The number of rotatable bonds is 8. The van der Waals surface area contributed by atoms with E-state index in [1.807, 2.05) is 0 Å². The molecule has 1 aliphatic rings. The van der Waals surface area contributed by atoms with E-state index in [1.165, 1.54) is 12.1 Å². The topological polar surface area (TPSA) is 104 Å². The third kappa shape index (κ3) is 6.28. The number of carbonyl (C=O) groups excluding carboxylic acids is 2. The molecule has 1 fully saturated rings. The molecule has 1 aromatic carbocycles. The normalized spacial score (nSPS) is 14.3. The summed E-state index contributed by atoms with van der Waals surface area (Å²) in [6.07, 6.45) is 1.93. The zero-order valence-electron chi connectivity index (χ0n) is 12.3. The van der Waals surface area contributed by atoms with E-state index in [0.29, 0.717) is 4.47 Å². The fraction of sp³-hybridized carbons (Fsp3) is 0.429. The van der Waals surface area contributed by atoms with Crippen LogP contribution in [-0.4, -0.2) is 39.4 Å². The molecule has 2 amide bonds. The van der Waals surface area contributed by atoms with Crippen molar-refractivity contribution in [3.05, 3.63) is 28.7 Å². The van der Waals surface area contributed by atoms with Crippen LogP contribution < -0.4 is 15.4 Å². The summed E-state index contributed by atoms with van der Waals surface area (Å²) in [7, 11) is -3.66. The minimum absolute atomic E-state index is 0.0368. The number of hydrogen-bond donors (Lipinski definition) is 3. The second kappa shape index (κ2) is 7.89. The Balaban J connectivity index is 1.70. The minimum Gasteiger partial charge on any atom is -0.352 e. The molecule has 2 rings (SSSR count). The summed E-state index contributed by atoms with van der Waals surface area (Å²) in [5, 5.41) is 5.20. The molecular formula is C14H18BrN3O4S. The van der Waals surface area contributed by atoms with E-state index in [9.17, 15) is 18.0 Å². The first kappa shape index (κ1) is 17.9. The molecule has 0 unspecified atom stereocenters. The molecule has 0 aromatic heterocycles. The third-order valence-corrected chi connectivity index (χ3v) is 5.09. The lowest BCUT2D eigenvalue weighted by molar-refractivity contribution is -0.126. The SMILES string of the molecule is O=C(CCNS(=O)(=O)c1cccc(Br)c1)NCC(=O)NC1CC1. The van der Waals surface area contributed by atoms with Crippen molar-refractivity contribution in [3.63, 3.8) is 0 Å². The van der Waals surface area contributed by atoms with Gasteiger partial charge in [-0.05, 0) is 31.0 Å². The van der Waals surface area contributed by atoms with Gasteiger partial charge in [-0.1, -0.05) is 22.0 Å². The quantitative estimate of drug-likeness (QED) is 0.587. The molecule has 7 nitrogen and oxygen atoms in total. The fourth-order valence-corrected chi connectivity index (χ4v) is 3.42. The summed E-state index contributed by atoms with van der Waals surface area (Å²) >= 11 is 3.21. The van der Waals surface area contributed by atoms with Gasteiger partial charge < -0.3 is 10.6 Å². The van der Waals surface area contributed by atoms with E-state index in [1.54, 1.807) is 12.1 Å². The fourth-order valence-electron chi connectivity index (χ4n) is 1.79. The summed E-state index contributed by atoms with van der Waals surface area (Å²) in [6.45, 7) is -0.126. The number of halogens is 1. The van der Waals surface area contributed by atoms with Crippen LogP contribution in [0.2, 0.25) is 0 Å². The number of nitrogens with one attached hydrogen (secondary N) is 3. The van der Waals surface area contributed by atoms with Crippen LogP contribution in [0.1, 0.15) is 19.3 Å². The van der Waals surface area contributed by atoms with Crippen LogP contribution in [0.3, 0.4) is 0 Å². The monoisotopic (exact) mass is 403 g/mol. The molecule has 0 bridgehead atoms. The average molecular weight is 404 g/mol. The maximum atomic E-state index is 12.0. The van der Waals surface area contributed by atoms with E-state index in [0.717, 1.165) is 12.8 Å². The average Bonchev–Trinajstić information content (AvgIpc) is 3.29. The van der Waals surface area contributed by atoms with Crippen molar-refractivity contribution in [2.45, 2.75) is 30.2 Å². The molecule has 0 spiro atoms. The van der Waals surface area contributed by atoms with Gasteiger partial charge in [-0.2, -0.15) is 0 Å². The molecule has 3 N–H and O–H groups in total. The zero-order valence-corrected chi connectivity index (χ0v) is 14.7. The van der Waals surface area contributed by atoms with E-state index >= 15 is 0 Å². The maximum absolute atomic E-state index is 12.0. The first-order valence-corrected chi connectivity index (χ1v) is 9.46. The summed E-state index contributed by atoms with van der Waals surface area (Å²) in [5.41, 5.74) is 0. The Morgan fingerprint density at radius 2 is 1.96 bits per heavy atom. The Labute approximate surface area is 143 Å². The number of carbonyl (C=O) groups is 2. The standard InChI is InChI=1S/C14H18BrN3O4S/c15-10-2-1-3-12(8-10)23(21,22)17-7-6-13(19)16-9-14(20)18-11-4-5-11/h1-3,8,11,17H,4-7,9H2,(H,16,19)(H,18,20). The predicted octanol–water partition coefficient (Wildman–Crippen LogP) is 0.512. The van der Waals surface area contributed by atoms with Crippen LogP contribution in [0.15, 0.2) is 33.6 Å². The van der Waals surface area contributed by atoms with Gasteiger partial charge in [0.05, 0.1) is 11.4 Å². The number of amides is 2. The van der Waals surface area contributed by atoms with Crippen LogP contribution in [0.5, 0.6) is 0 Å². The van der Waals surface area contributed by atoms with Crippen molar-refractivity contribution >= 4 is 37.8 Å². The van der Waals surface area contributed by atoms with Crippen molar-refractivity contribution in [1.29, 1.82) is 0 Å². The van der Waals surface area contributed by atoms with Crippen molar-refractivity contribution in [2.24, 2.45) is 0 Å². The van der Waals surface area contributed by atoms with Crippen molar-refractivity contribution in [3.8, 4) is 0 Å². The Morgan fingerprint density at radius 3 is 2.61 bits per heavy atom. The molecular weight excluding hydrogens is 386 g/mol. The first-order valence-electron chi connectivity index (χ1n) is 7.18. The van der Waals surface area contributed by atoms with Crippen LogP contribution >= 0.6 is 15.9 Å². The highest BCUT2D eigenvalue weighted by Gasteiger charge is 2.23. The highest BCUT2D eigenvalue weighted by atomic mass is 79.9. The maximum Gasteiger partial charge on any atom is 0.240 e. The van der Waals surface area contributed by atoms with Crippen molar-refractivity contribution < 1.29 is 18.0 Å². The Morgan fingerprint density at radius 1 is 1.22 bits per heavy atom. The predicted molar refractivity (Wildman–Crippen MR) is 88.1 cm³/mol. The van der Waals surface area contributed by atoms with E-state index < -0.39 is 10.0 Å². The molecule has 0 aliphatic heterocycles. The minimum atomic E-state index is -3.66. The highest BCUT2D eigenvalue weighted by Crippen LogP contribution is 2.18. The van der Waals surface area contributed by atoms with E-state index in [2.05, 4.69) is 31.3 Å².